The van der Waals surface area contributed by atoms with Crippen LogP contribution in [-0.4, -0.2) is 12.1 Å². The van der Waals surface area contributed by atoms with Gasteiger partial charge in [0.1, 0.15) is 10.8 Å². The smallest absolute Gasteiger partial charge is 0.119 e. The Bertz CT molecular complexity index is 619. The van der Waals surface area contributed by atoms with Gasteiger partial charge in [-0.05, 0) is 23.6 Å². The predicted octanol–water partition coefficient (Wildman–Crippen LogP) is 3.38. The molecule has 0 aliphatic heterocycles. The number of aromatic nitrogens is 1. The number of fused-ring (bicyclic) bond motifs is 3. The number of rotatable bonds is 3. The first kappa shape index (κ1) is 12.6. The molecule has 3 nitrogen and oxygen atoms in total. The first-order valence-electron chi connectivity index (χ1n) is 6.52. The van der Waals surface area contributed by atoms with Crippen molar-refractivity contribution in [3.05, 3.63) is 33.6 Å². The number of thiazole rings is 1. The summed E-state index contributed by atoms with van der Waals surface area (Å²) in [4.78, 5) is 6.09. The lowest BCUT2D eigenvalue weighted by atomic mass is 10.1. The van der Waals surface area contributed by atoms with E-state index in [2.05, 4.69) is 26.0 Å². The topological polar surface area (TPSA) is 48.1 Å². The van der Waals surface area contributed by atoms with Gasteiger partial charge in [0.25, 0.3) is 0 Å². The summed E-state index contributed by atoms with van der Waals surface area (Å²) in [6.45, 7) is 4.27. The lowest BCUT2D eigenvalue weighted by Crippen LogP contribution is -2.16. The van der Waals surface area contributed by atoms with Gasteiger partial charge in [0.05, 0.1) is 18.8 Å². The van der Waals surface area contributed by atoms with Crippen molar-refractivity contribution in [2.75, 3.05) is 7.11 Å². The molecule has 4 heteroatoms. The second-order valence-electron chi connectivity index (χ2n) is 5.29. The third-order valence-corrected chi connectivity index (χ3v) is 4.80. The molecule has 0 saturated heterocycles. The van der Waals surface area contributed by atoms with Gasteiger partial charge in [-0.1, -0.05) is 19.9 Å². The van der Waals surface area contributed by atoms with Crippen LogP contribution in [0, 0.1) is 5.92 Å². The quantitative estimate of drug-likeness (QED) is 0.796. The van der Waals surface area contributed by atoms with Gasteiger partial charge in [0, 0.05) is 16.9 Å². The average molecular weight is 274 g/mol. The van der Waals surface area contributed by atoms with E-state index in [1.54, 1.807) is 18.4 Å². The highest BCUT2D eigenvalue weighted by Crippen LogP contribution is 2.42. The van der Waals surface area contributed by atoms with Crippen molar-refractivity contribution in [3.8, 4) is 17.0 Å². The fraction of sp³-hybridized carbons (Fsp3) is 0.400. The van der Waals surface area contributed by atoms with Crippen LogP contribution in [-0.2, 0) is 6.42 Å². The molecule has 0 bridgehead atoms. The summed E-state index contributed by atoms with van der Waals surface area (Å²) in [7, 11) is 1.69. The van der Waals surface area contributed by atoms with E-state index in [1.165, 1.54) is 16.0 Å². The van der Waals surface area contributed by atoms with Crippen LogP contribution in [0.3, 0.4) is 0 Å². The molecule has 0 saturated carbocycles. The first-order valence-corrected chi connectivity index (χ1v) is 7.34. The van der Waals surface area contributed by atoms with Gasteiger partial charge >= 0.3 is 0 Å². The minimum Gasteiger partial charge on any atom is -0.497 e. The van der Waals surface area contributed by atoms with E-state index in [4.69, 9.17) is 15.5 Å². The van der Waals surface area contributed by atoms with Crippen molar-refractivity contribution in [1.82, 2.24) is 4.98 Å². The van der Waals surface area contributed by atoms with Crippen molar-refractivity contribution in [1.29, 1.82) is 0 Å². The Morgan fingerprint density at radius 2 is 2.16 bits per heavy atom. The van der Waals surface area contributed by atoms with E-state index >= 15 is 0 Å². The second-order valence-corrected chi connectivity index (χ2v) is 6.41. The minimum absolute atomic E-state index is 0.0321. The highest BCUT2D eigenvalue weighted by molar-refractivity contribution is 7.12. The van der Waals surface area contributed by atoms with E-state index in [0.29, 0.717) is 5.92 Å². The molecule has 1 unspecified atom stereocenters. The molecule has 0 radical (unpaired) electrons. The molecule has 0 amide bonds. The summed E-state index contributed by atoms with van der Waals surface area (Å²) >= 11 is 1.75. The Morgan fingerprint density at radius 3 is 2.84 bits per heavy atom. The lowest BCUT2D eigenvalue weighted by Gasteiger charge is -2.12. The molecule has 100 valence electrons. The maximum Gasteiger partial charge on any atom is 0.119 e. The van der Waals surface area contributed by atoms with Crippen LogP contribution in [0.2, 0.25) is 0 Å². The maximum atomic E-state index is 6.20. The third-order valence-electron chi connectivity index (χ3n) is 3.64. The Balaban J connectivity index is 2.03. The van der Waals surface area contributed by atoms with Gasteiger partial charge in [0.2, 0.25) is 0 Å². The van der Waals surface area contributed by atoms with Crippen LogP contribution in [0.1, 0.15) is 35.3 Å². The molecular weight excluding hydrogens is 256 g/mol. The summed E-state index contributed by atoms with van der Waals surface area (Å²) in [5.74, 6) is 1.30. The number of benzene rings is 1. The van der Waals surface area contributed by atoms with Crippen LogP contribution in [0.15, 0.2) is 18.2 Å². The molecule has 2 N–H and O–H groups in total. The van der Waals surface area contributed by atoms with Gasteiger partial charge in [0.15, 0.2) is 0 Å². The van der Waals surface area contributed by atoms with Crippen LogP contribution in [0.25, 0.3) is 11.3 Å². The normalized spacial score (nSPS) is 14.4. The zero-order chi connectivity index (χ0) is 13.6. The number of hydrogen-bond donors (Lipinski definition) is 1. The SMILES string of the molecule is COc1ccc2c(c1)-c1nc(C(N)C(C)C)sc1C2. The molecule has 0 spiro atoms. The summed E-state index contributed by atoms with van der Waals surface area (Å²) in [5.41, 5.74) is 9.83. The number of methoxy groups -OCH3 is 1. The number of nitrogens with two attached hydrogens (primary N) is 1. The molecule has 1 aliphatic rings. The van der Waals surface area contributed by atoms with Crippen molar-refractivity contribution in [2.24, 2.45) is 11.7 Å². The summed E-state index contributed by atoms with van der Waals surface area (Å²) < 4.78 is 5.30. The molecule has 1 aliphatic carbocycles. The van der Waals surface area contributed by atoms with E-state index in [0.717, 1.165) is 22.9 Å². The number of nitrogens with zero attached hydrogens (tertiary/aromatic N) is 1. The van der Waals surface area contributed by atoms with Crippen molar-refractivity contribution < 1.29 is 4.74 Å². The van der Waals surface area contributed by atoms with Crippen molar-refractivity contribution >= 4 is 11.3 Å². The highest BCUT2D eigenvalue weighted by Gasteiger charge is 2.26. The molecule has 0 fully saturated rings. The molecular formula is C15H18N2OS. The fourth-order valence-electron chi connectivity index (χ4n) is 2.36. The van der Waals surface area contributed by atoms with Crippen molar-refractivity contribution in [3.63, 3.8) is 0 Å². The number of ether oxygens (including phenoxy) is 1. The molecule has 3 rings (SSSR count). The Labute approximate surface area is 117 Å². The molecule has 1 aromatic carbocycles. The first-order chi connectivity index (χ1) is 9.10. The van der Waals surface area contributed by atoms with Crippen LogP contribution >= 0.6 is 11.3 Å². The van der Waals surface area contributed by atoms with Gasteiger partial charge in [-0.15, -0.1) is 11.3 Å². The van der Waals surface area contributed by atoms with Crippen LogP contribution < -0.4 is 10.5 Å². The van der Waals surface area contributed by atoms with E-state index in [9.17, 15) is 0 Å². The molecule has 19 heavy (non-hydrogen) atoms. The standard InChI is InChI=1S/C15H18N2OS/c1-8(2)13(16)15-17-14-11-7-10(18-3)5-4-9(11)6-12(14)19-15/h4-5,7-8,13H,6,16H2,1-3H3. The summed E-state index contributed by atoms with van der Waals surface area (Å²) in [6, 6.07) is 6.25. The van der Waals surface area contributed by atoms with Gasteiger partial charge in [-0.2, -0.15) is 0 Å². The Hall–Kier alpha value is -1.39. The van der Waals surface area contributed by atoms with Gasteiger partial charge in [-0.3, -0.25) is 0 Å². The third kappa shape index (κ3) is 2.05. The van der Waals surface area contributed by atoms with E-state index in [-0.39, 0.29) is 6.04 Å². The predicted molar refractivity (Wildman–Crippen MR) is 78.7 cm³/mol. The zero-order valence-electron chi connectivity index (χ0n) is 11.4. The molecule has 1 aromatic heterocycles. The summed E-state index contributed by atoms with van der Waals surface area (Å²) in [6.07, 6.45) is 0.969. The van der Waals surface area contributed by atoms with E-state index in [1.807, 2.05) is 6.07 Å². The van der Waals surface area contributed by atoms with Crippen LogP contribution in [0.5, 0.6) is 5.75 Å². The monoisotopic (exact) mass is 274 g/mol. The average Bonchev–Trinajstić information content (AvgIpc) is 2.94. The Morgan fingerprint density at radius 1 is 1.37 bits per heavy atom. The Kier molecular flexibility index (Phi) is 3.07. The van der Waals surface area contributed by atoms with Crippen molar-refractivity contribution in [2.45, 2.75) is 26.3 Å². The highest BCUT2D eigenvalue weighted by atomic mass is 32.1. The van der Waals surface area contributed by atoms with Gasteiger partial charge < -0.3 is 10.5 Å². The fourth-order valence-corrected chi connectivity index (χ4v) is 3.64. The van der Waals surface area contributed by atoms with E-state index < -0.39 is 0 Å². The minimum atomic E-state index is 0.0321. The zero-order valence-corrected chi connectivity index (χ0v) is 12.3. The molecule has 1 heterocycles. The summed E-state index contributed by atoms with van der Waals surface area (Å²) in [5, 5.41) is 1.05. The molecule has 2 aromatic rings. The lowest BCUT2D eigenvalue weighted by molar-refractivity contribution is 0.415. The molecule has 1 atom stereocenters. The van der Waals surface area contributed by atoms with Crippen LogP contribution in [0.4, 0.5) is 0 Å². The second kappa shape index (κ2) is 4.62. The maximum absolute atomic E-state index is 6.20. The largest absolute Gasteiger partial charge is 0.497 e. The van der Waals surface area contributed by atoms with Gasteiger partial charge in [-0.25, -0.2) is 4.98 Å². The number of hydrogen-bond acceptors (Lipinski definition) is 4.